The van der Waals surface area contributed by atoms with Gasteiger partial charge in [0.1, 0.15) is 0 Å². The van der Waals surface area contributed by atoms with Crippen LogP contribution >= 0.6 is 0 Å². The third kappa shape index (κ3) is 3.46. The van der Waals surface area contributed by atoms with Gasteiger partial charge in [-0.2, -0.15) is 0 Å². The van der Waals surface area contributed by atoms with Crippen LogP contribution in [0.1, 0.15) is 49.7 Å². The molecule has 2 heteroatoms. The average molecular weight is 244 g/mol. The standard InChI is InChI=1S/C16H20O2/c1-12-2-7-14(8-3-12)15-9-4-13(5-10-15)6-11-16(17)18/h4-6,9-12,14H,2-3,7-8H2,1H3,(H,17,18)/t12-,14-. The molecule has 0 aromatic heterocycles. The second kappa shape index (κ2) is 5.85. The summed E-state index contributed by atoms with van der Waals surface area (Å²) >= 11 is 0. The first-order chi connectivity index (χ1) is 8.65. The van der Waals surface area contributed by atoms with Crippen LogP contribution in [0.3, 0.4) is 0 Å². The van der Waals surface area contributed by atoms with E-state index in [1.54, 1.807) is 6.08 Å². The van der Waals surface area contributed by atoms with Gasteiger partial charge in [0.15, 0.2) is 0 Å². The van der Waals surface area contributed by atoms with Crippen LogP contribution in [0.15, 0.2) is 30.3 Å². The maximum Gasteiger partial charge on any atom is 0.328 e. The van der Waals surface area contributed by atoms with Crippen LogP contribution in [0.2, 0.25) is 0 Å². The lowest BCUT2D eigenvalue weighted by Gasteiger charge is -2.26. The largest absolute Gasteiger partial charge is 0.478 e. The first-order valence-electron chi connectivity index (χ1n) is 6.66. The Labute approximate surface area is 108 Å². The summed E-state index contributed by atoms with van der Waals surface area (Å²) in [6.45, 7) is 2.33. The monoisotopic (exact) mass is 244 g/mol. The van der Waals surface area contributed by atoms with Gasteiger partial charge in [0.25, 0.3) is 0 Å². The summed E-state index contributed by atoms with van der Waals surface area (Å²) in [6, 6.07) is 8.30. The lowest BCUT2D eigenvalue weighted by molar-refractivity contribution is -0.131. The quantitative estimate of drug-likeness (QED) is 0.813. The average Bonchev–Trinajstić information content (AvgIpc) is 2.38. The molecule has 0 bridgehead atoms. The van der Waals surface area contributed by atoms with Crippen LogP contribution in [0.4, 0.5) is 0 Å². The topological polar surface area (TPSA) is 37.3 Å². The van der Waals surface area contributed by atoms with Gasteiger partial charge >= 0.3 is 5.97 Å². The summed E-state index contributed by atoms with van der Waals surface area (Å²) in [6.07, 6.45) is 8.03. The van der Waals surface area contributed by atoms with Crippen molar-refractivity contribution < 1.29 is 9.90 Å². The second-order valence-electron chi connectivity index (χ2n) is 5.30. The van der Waals surface area contributed by atoms with Crippen molar-refractivity contribution in [1.82, 2.24) is 0 Å². The van der Waals surface area contributed by atoms with E-state index in [2.05, 4.69) is 19.1 Å². The Kier molecular flexibility index (Phi) is 4.19. The van der Waals surface area contributed by atoms with E-state index in [1.807, 2.05) is 12.1 Å². The minimum Gasteiger partial charge on any atom is -0.478 e. The van der Waals surface area contributed by atoms with Gasteiger partial charge in [-0.05, 0) is 41.9 Å². The number of hydrogen-bond donors (Lipinski definition) is 1. The lowest BCUT2D eigenvalue weighted by Crippen LogP contribution is -2.10. The fourth-order valence-electron chi connectivity index (χ4n) is 2.64. The Morgan fingerprint density at radius 1 is 1.17 bits per heavy atom. The second-order valence-corrected chi connectivity index (χ2v) is 5.30. The van der Waals surface area contributed by atoms with E-state index in [4.69, 9.17) is 5.11 Å². The predicted molar refractivity (Wildman–Crippen MR) is 73.5 cm³/mol. The summed E-state index contributed by atoms with van der Waals surface area (Å²) in [5, 5.41) is 8.57. The first kappa shape index (κ1) is 12.9. The molecule has 0 amide bonds. The van der Waals surface area contributed by atoms with Gasteiger partial charge in [-0.25, -0.2) is 4.79 Å². The van der Waals surface area contributed by atoms with E-state index in [0.29, 0.717) is 5.92 Å². The van der Waals surface area contributed by atoms with E-state index in [1.165, 1.54) is 37.3 Å². The van der Waals surface area contributed by atoms with Crippen LogP contribution in [0.5, 0.6) is 0 Å². The van der Waals surface area contributed by atoms with E-state index < -0.39 is 5.97 Å². The molecule has 0 heterocycles. The molecule has 1 aromatic carbocycles. The SMILES string of the molecule is C[C@H]1CC[C@H](c2ccc(C=CC(=O)O)cc2)CC1. The fraction of sp³-hybridized carbons (Fsp3) is 0.438. The molecule has 18 heavy (non-hydrogen) atoms. The molecule has 0 atom stereocenters. The zero-order valence-corrected chi connectivity index (χ0v) is 10.8. The van der Waals surface area contributed by atoms with E-state index >= 15 is 0 Å². The Bertz CT molecular complexity index is 423. The number of hydrogen-bond acceptors (Lipinski definition) is 1. The van der Waals surface area contributed by atoms with Gasteiger partial charge in [0, 0.05) is 6.08 Å². The number of rotatable bonds is 3. The van der Waals surface area contributed by atoms with Crippen molar-refractivity contribution in [3.05, 3.63) is 41.5 Å². The molecule has 0 unspecified atom stereocenters. The number of aliphatic carboxylic acids is 1. The molecule has 1 N–H and O–H groups in total. The van der Waals surface area contributed by atoms with Gasteiger partial charge in [-0.3, -0.25) is 0 Å². The molecule has 2 nitrogen and oxygen atoms in total. The Morgan fingerprint density at radius 3 is 2.33 bits per heavy atom. The molecule has 0 spiro atoms. The molecule has 0 radical (unpaired) electrons. The van der Waals surface area contributed by atoms with E-state index in [-0.39, 0.29) is 0 Å². The molecule has 1 aliphatic carbocycles. The van der Waals surface area contributed by atoms with Gasteiger partial charge in [-0.1, -0.05) is 44.0 Å². The molecule has 0 saturated heterocycles. The molecule has 1 fully saturated rings. The van der Waals surface area contributed by atoms with Crippen molar-refractivity contribution >= 4 is 12.0 Å². The summed E-state index contributed by atoms with van der Waals surface area (Å²) in [4.78, 5) is 10.4. The minimum atomic E-state index is -0.902. The highest BCUT2D eigenvalue weighted by atomic mass is 16.4. The van der Waals surface area contributed by atoms with E-state index in [0.717, 1.165) is 11.5 Å². The third-order valence-corrected chi connectivity index (χ3v) is 3.84. The highest BCUT2D eigenvalue weighted by molar-refractivity contribution is 5.85. The van der Waals surface area contributed by atoms with Crippen LogP contribution in [0.25, 0.3) is 6.08 Å². The Balaban J connectivity index is 2.01. The first-order valence-corrected chi connectivity index (χ1v) is 6.66. The van der Waals surface area contributed by atoms with Gasteiger partial charge in [-0.15, -0.1) is 0 Å². The number of carboxylic acids is 1. The summed E-state index contributed by atoms with van der Waals surface area (Å²) < 4.78 is 0. The molecule has 2 rings (SSSR count). The molecular weight excluding hydrogens is 224 g/mol. The van der Waals surface area contributed by atoms with Gasteiger partial charge in [0.05, 0.1) is 0 Å². The maximum atomic E-state index is 10.4. The molecule has 0 aliphatic heterocycles. The van der Waals surface area contributed by atoms with Crippen molar-refractivity contribution in [2.24, 2.45) is 5.92 Å². The van der Waals surface area contributed by atoms with Crippen molar-refractivity contribution in [2.75, 3.05) is 0 Å². The molecular formula is C16H20O2. The number of carboxylic acid groups (broad SMARTS) is 1. The van der Waals surface area contributed by atoms with E-state index in [9.17, 15) is 4.79 Å². The van der Waals surface area contributed by atoms with Crippen molar-refractivity contribution in [3.63, 3.8) is 0 Å². The van der Waals surface area contributed by atoms with Crippen molar-refractivity contribution in [2.45, 2.75) is 38.5 Å². The summed E-state index contributed by atoms with van der Waals surface area (Å²) in [5.74, 6) is 0.665. The maximum absolute atomic E-state index is 10.4. The zero-order valence-electron chi connectivity index (χ0n) is 10.8. The Hall–Kier alpha value is -1.57. The zero-order chi connectivity index (χ0) is 13.0. The minimum absolute atomic E-state index is 0.693. The Morgan fingerprint density at radius 2 is 1.78 bits per heavy atom. The number of benzene rings is 1. The number of carbonyl (C=O) groups is 1. The van der Waals surface area contributed by atoms with Crippen LogP contribution in [-0.2, 0) is 4.79 Å². The van der Waals surface area contributed by atoms with Gasteiger partial charge < -0.3 is 5.11 Å². The molecule has 1 aliphatic rings. The summed E-state index contributed by atoms with van der Waals surface area (Å²) in [5.41, 5.74) is 2.35. The van der Waals surface area contributed by atoms with Crippen LogP contribution in [0, 0.1) is 5.92 Å². The molecule has 1 saturated carbocycles. The van der Waals surface area contributed by atoms with Crippen LogP contribution < -0.4 is 0 Å². The third-order valence-electron chi connectivity index (χ3n) is 3.84. The highest BCUT2D eigenvalue weighted by Crippen LogP contribution is 2.35. The predicted octanol–water partition coefficient (Wildman–Crippen LogP) is 4.08. The van der Waals surface area contributed by atoms with Gasteiger partial charge in [0.2, 0.25) is 0 Å². The smallest absolute Gasteiger partial charge is 0.328 e. The van der Waals surface area contributed by atoms with Crippen molar-refractivity contribution in [1.29, 1.82) is 0 Å². The molecule has 96 valence electrons. The fourth-order valence-corrected chi connectivity index (χ4v) is 2.64. The lowest BCUT2D eigenvalue weighted by atomic mass is 9.79. The highest BCUT2D eigenvalue weighted by Gasteiger charge is 2.19. The molecule has 1 aromatic rings. The van der Waals surface area contributed by atoms with Crippen molar-refractivity contribution in [3.8, 4) is 0 Å². The summed E-state index contributed by atoms with van der Waals surface area (Å²) in [7, 11) is 0. The normalized spacial score (nSPS) is 24.3. The van der Waals surface area contributed by atoms with Crippen LogP contribution in [-0.4, -0.2) is 11.1 Å².